The van der Waals surface area contributed by atoms with Gasteiger partial charge in [0.05, 0.1) is 0 Å². The molecule has 17 heavy (non-hydrogen) atoms. The van der Waals surface area contributed by atoms with Crippen LogP contribution in [0.4, 0.5) is 0 Å². The molecule has 1 aromatic heterocycles. The average molecular weight is 251 g/mol. The zero-order chi connectivity index (χ0) is 12.1. The van der Waals surface area contributed by atoms with E-state index in [2.05, 4.69) is 30.6 Å². The molecule has 0 saturated heterocycles. The summed E-state index contributed by atoms with van der Waals surface area (Å²) >= 11 is 1.91. The second-order valence-electron chi connectivity index (χ2n) is 5.24. The molecule has 0 bridgehead atoms. The summed E-state index contributed by atoms with van der Waals surface area (Å²) in [6, 6.07) is 3.04. The van der Waals surface area contributed by atoms with Gasteiger partial charge in [-0.1, -0.05) is 33.1 Å². The van der Waals surface area contributed by atoms with E-state index in [1.807, 2.05) is 11.3 Å². The van der Waals surface area contributed by atoms with Crippen LogP contribution in [0.15, 0.2) is 11.4 Å². The molecule has 1 aliphatic carbocycles. The van der Waals surface area contributed by atoms with Gasteiger partial charge in [-0.2, -0.15) is 0 Å². The van der Waals surface area contributed by atoms with Gasteiger partial charge in [0.25, 0.3) is 0 Å². The summed E-state index contributed by atoms with van der Waals surface area (Å²) in [5.74, 6) is 0.968. The molecule has 2 heteroatoms. The molecule has 1 fully saturated rings. The number of aryl methyl sites for hydroxylation is 1. The number of rotatable bonds is 5. The van der Waals surface area contributed by atoms with Crippen molar-refractivity contribution in [3.8, 4) is 0 Å². The highest BCUT2D eigenvalue weighted by Gasteiger charge is 2.20. The fraction of sp³-hybridized carbons (Fsp3) is 0.733. The van der Waals surface area contributed by atoms with Crippen molar-refractivity contribution in [3.63, 3.8) is 0 Å². The van der Waals surface area contributed by atoms with Crippen molar-refractivity contribution in [1.82, 2.24) is 5.32 Å². The van der Waals surface area contributed by atoms with Crippen LogP contribution in [-0.2, 0) is 13.0 Å². The summed E-state index contributed by atoms with van der Waals surface area (Å²) in [5.41, 5.74) is 1.53. The van der Waals surface area contributed by atoms with Gasteiger partial charge >= 0.3 is 0 Å². The molecule has 1 aromatic rings. The minimum absolute atomic E-state index is 0.764. The molecule has 96 valence electrons. The van der Waals surface area contributed by atoms with Gasteiger partial charge in [0.2, 0.25) is 0 Å². The predicted molar refractivity (Wildman–Crippen MR) is 76.6 cm³/mol. The highest BCUT2D eigenvalue weighted by molar-refractivity contribution is 7.10. The van der Waals surface area contributed by atoms with E-state index in [-0.39, 0.29) is 0 Å². The minimum atomic E-state index is 0.764. The van der Waals surface area contributed by atoms with Crippen molar-refractivity contribution < 1.29 is 0 Å². The third-order valence-corrected chi connectivity index (χ3v) is 5.09. The molecule has 0 spiro atoms. The Morgan fingerprint density at radius 3 is 3.00 bits per heavy atom. The first-order chi connectivity index (χ1) is 8.33. The SMILES string of the molecule is CCc1ccsc1CNC1CCCC(CC)C1. The maximum absolute atomic E-state index is 3.77. The zero-order valence-electron chi connectivity index (χ0n) is 11.2. The zero-order valence-corrected chi connectivity index (χ0v) is 12.0. The first kappa shape index (κ1) is 13.1. The van der Waals surface area contributed by atoms with E-state index >= 15 is 0 Å². The van der Waals surface area contributed by atoms with Crippen LogP contribution < -0.4 is 5.32 Å². The van der Waals surface area contributed by atoms with Crippen LogP contribution >= 0.6 is 11.3 Å². The lowest BCUT2D eigenvalue weighted by Crippen LogP contribution is -2.33. The summed E-state index contributed by atoms with van der Waals surface area (Å²) in [7, 11) is 0. The Bertz CT molecular complexity index is 331. The van der Waals surface area contributed by atoms with Crippen molar-refractivity contribution in [2.75, 3.05) is 0 Å². The van der Waals surface area contributed by atoms with Crippen molar-refractivity contribution >= 4 is 11.3 Å². The lowest BCUT2D eigenvalue weighted by Gasteiger charge is -2.29. The van der Waals surface area contributed by atoms with E-state index in [1.54, 1.807) is 4.88 Å². The number of thiophene rings is 1. The van der Waals surface area contributed by atoms with E-state index < -0.39 is 0 Å². The first-order valence-corrected chi connectivity index (χ1v) is 8.00. The molecule has 2 rings (SSSR count). The third-order valence-electron chi connectivity index (χ3n) is 4.13. The first-order valence-electron chi connectivity index (χ1n) is 7.12. The quantitative estimate of drug-likeness (QED) is 0.819. The van der Waals surface area contributed by atoms with Crippen LogP contribution in [0.3, 0.4) is 0 Å². The van der Waals surface area contributed by atoms with Crippen LogP contribution in [0.25, 0.3) is 0 Å². The fourth-order valence-electron chi connectivity index (χ4n) is 2.92. The standard InChI is InChI=1S/C15H25NS/c1-3-12-6-5-7-14(10-12)16-11-15-13(4-2)8-9-17-15/h8-9,12,14,16H,3-7,10-11H2,1-2H3. The largest absolute Gasteiger partial charge is 0.309 e. The van der Waals surface area contributed by atoms with E-state index in [4.69, 9.17) is 0 Å². The predicted octanol–water partition coefficient (Wildman–Crippen LogP) is 4.37. The van der Waals surface area contributed by atoms with Crippen LogP contribution in [0.5, 0.6) is 0 Å². The molecular weight excluding hydrogens is 226 g/mol. The Labute approximate surface area is 110 Å². The van der Waals surface area contributed by atoms with Crippen LogP contribution in [0.1, 0.15) is 56.4 Å². The van der Waals surface area contributed by atoms with Gasteiger partial charge < -0.3 is 5.32 Å². The monoisotopic (exact) mass is 251 g/mol. The smallest absolute Gasteiger partial charge is 0.0305 e. The van der Waals surface area contributed by atoms with E-state index in [9.17, 15) is 0 Å². The maximum atomic E-state index is 3.77. The fourth-order valence-corrected chi connectivity index (χ4v) is 3.85. The van der Waals surface area contributed by atoms with Gasteiger partial charge in [-0.25, -0.2) is 0 Å². The molecule has 1 nitrogen and oxygen atoms in total. The van der Waals surface area contributed by atoms with Crippen LogP contribution in [0.2, 0.25) is 0 Å². The van der Waals surface area contributed by atoms with Crippen molar-refractivity contribution in [2.24, 2.45) is 5.92 Å². The Hall–Kier alpha value is -0.340. The van der Waals surface area contributed by atoms with Gasteiger partial charge in [-0.15, -0.1) is 11.3 Å². The Balaban J connectivity index is 1.81. The Kier molecular flexibility index (Phi) is 5.05. The van der Waals surface area contributed by atoms with Crippen molar-refractivity contribution in [2.45, 2.75) is 65.0 Å². The summed E-state index contributed by atoms with van der Waals surface area (Å²) in [6.45, 7) is 5.67. The highest BCUT2D eigenvalue weighted by Crippen LogP contribution is 2.27. The normalized spacial score (nSPS) is 25.1. The lowest BCUT2D eigenvalue weighted by atomic mass is 9.84. The lowest BCUT2D eigenvalue weighted by molar-refractivity contribution is 0.278. The van der Waals surface area contributed by atoms with E-state index in [0.717, 1.165) is 18.5 Å². The molecule has 1 N–H and O–H groups in total. The molecule has 2 atom stereocenters. The third kappa shape index (κ3) is 3.56. The molecule has 2 unspecified atom stereocenters. The molecule has 0 aromatic carbocycles. The van der Waals surface area contributed by atoms with Crippen molar-refractivity contribution in [3.05, 3.63) is 21.9 Å². The van der Waals surface area contributed by atoms with Gasteiger partial charge in [0.1, 0.15) is 0 Å². The summed E-state index contributed by atoms with van der Waals surface area (Å²) in [4.78, 5) is 1.55. The second-order valence-corrected chi connectivity index (χ2v) is 6.24. The van der Waals surface area contributed by atoms with Gasteiger partial charge in [0, 0.05) is 17.5 Å². The number of nitrogens with one attached hydrogen (secondary N) is 1. The molecular formula is C15H25NS. The molecule has 1 saturated carbocycles. The molecule has 0 radical (unpaired) electrons. The second kappa shape index (κ2) is 6.55. The molecule has 1 aliphatic rings. The highest BCUT2D eigenvalue weighted by atomic mass is 32.1. The Morgan fingerprint density at radius 2 is 2.24 bits per heavy atom. The van der Waals surface area contributed by atoms with Gasteiger partial charge in [-0.05, 0) is 42.2 Å². The summed E-state index contributed by atoms with van der Waals surface area (Å²) in [6.07, 6.45) is 8.17. The van der Waals surface area contributed by atoms with Gasteiger partial charge in [0.15, 0.2) is 0 Å². The van der Waals surface area contributed by atoms with E-state index in [1.165, 1.54) is 44.1 Å². The van der Waals surface area contributed by atoms with Crippen LogP contribution in [0, 0.1) is 5.92 Å². The van der Waals surface area contributed by atoms with Crippen molar-refractivity contribution in [1.29, 1.82) is 0 Å². The van der Waals surface area contributed by atoms with Gasteiger partial charge in [-0.3, -0.25) is 0 Å². The molecule has 0 amide bonds. The molecule has 1 heterocycles. The maximum Gasteiger partial charge on any atom is 0.0305 e. The number of hydrogen-bond acceptors (Lipinski definition) is 2. The topological polar surface area (TPSA) is 12.0 Å². The van der Waals surface area contributed by atoms with Crippen LogP contribution in [-0.4, -0.2) is 6.04 Å². The summed E-state index contributed by atoms with van der Waals surface area (Å²) in [5, 5.41) is 6.00. The minimum Gasteiger partial charge on any atom is -0.309 e. The average Bonchev–Trinajstić information content (AvgIpc) is 2.84. The summed E-state index contributed by atoms with van der Waals surface area (Å²) < 4.78 is 0. The number of hydrogen-bond donors (Lipinski definition) is 1. The van der Waals surface area contributed by atoms with E-state index in [0.29, 0.717) is 0 Å². The Morgan fingerprint density at radius 1 is 1.35 bits per heavy atom. The molecule has 0 aliphatic heterocycles.